The van der Waals surface area contributed by atoms with Crippen molar-refractivity contribution in [2.75, 3.05) is 37.5 Å². The van der Waals surface area contributed by atoms with E-state index in [9.17, 15) is 14.7 Å². The highest BCUT2D eigenvalue weighted by Gasteiger charge is 2.16. The van der Waals surface area contributed by atoms with E-state index in [0.717, 1.165) is 16.8 Å². The highest BCUT2D eigenvalue weighted by Crippen LogP contribution is 2.36. The molecule has 5 rings (SSSR count). The van der Waals surface area contributed by atoms with Crippen LogP contribution in [0.15, 0.2) is 79.0 Å². The van der Waals surface area contributed by atoms with Gasteiger partial charge in [-0.1, -0.05) is 32.0 Å². The number of aromatic hydroxyl groups is 1. The summed E-state index contributed by atoms with van der Waals surface area (Å²) in [5.74, 6) is 0.695. The van der Waals surface area contributed by atoms with Crippen molar-refractivity contribution >= 4 is 34.8 Å². The van der Waals surface area contributed by atoms with Gasteiger partial charge in [0.15, 0.2) is 0 Å². The second-order valence-electron chi connectivity index (χ2n) is 8.97. The number of methoxy groups -OCH3 is 1. The number of carbonyl (C=O) groups is 2. The molecule has 2 heterocycles. The molecule has 0 aliphatic rings. The Balaban J connectivity index is 0.00000198. The molecule has 1 amide bonds. The number of aromatic nitrogens is 3. The van der Waals surface area contributed by atoms with E-state index in [1.807, 2.05) is 68.3 Å². The Morgan fingerprint density at radius 2 is 1.86 bits per heavy atom. The molecule has 0 saturated carbocycles. The van der Waals surface area contributed by atoms with Crippen LogP contribution in [0.5, 0.6) is 11.6 Å². The molecule has 0 atom stereocenters. The van der Waals surface area contributed by atoms with E-state index in [1.54, 1.807) is 43.6 Å². The molecule has 0 spiro atoms. The fraction of sp³-hybridized carbons (Fsp3) is 0.188. The third kappa shape index (κ3) is 6.49. The van der Waals surface area contributed by atoms with E-state index >= 15 is 0 Å². The predicted octanol–water partition coefficient (Wildman–Crippen LogP) is 5.89. The first-order valence-corrected chi connectivity index (χ1v) is 13.5. The number of fused-ring (bicyclic) bond motifs is 1. The van der Waals surface area contributed by atoms with E-state index in [2.05, 4.69) is 20.3 Å². The minimum absolute atomic E-state index is 0.0582. The molecule has 0 saturated heterocycles. The quantitative estimate of drug-likeness (QED) is 0.141. The highest BCUT2D eigenvalue weighted by atomic mass is 16.5. The van der Waals surface area contributed by atoms with Gasteiger partial charge in [-0.3, -0.25) is 9.59 Å². The standard InChI is InChI=1S/C30H27N5O5.C2H6/c1-35(14-15-40-18-36)26-8-4-3-7-24(26)34-29(38)20-9-11-23-25(17-20)33-28(32-23)22-16-19(10-12-27(22)37)21-6-5-13-31-30(21)39-2;1-2/h3-13,16-18,37H,14-15H2,1-2H3,(H,32,33)(H,34,38);1-2H3. The van der Waals surface area contributed by atoms with Gasteiger partial charge in [0.2, 0.25) is 5.88 Å². The smallest absolute Gasteiger partial charge is 0.293 e. The lowest BCUT2D eigenvalue weighted by Gasteiger charge is -2.22. The van der Waals surface area contributed by atoms with E-state index < -0.39 is 0 Å². The van der Waals surface area contributed by atoms with Crippen molar-refractivity contribution in [3.63, 3.8) is 0 Å². The van der Waals surface area contributed by atoms with Gasteiger partial charge >= 0.3 is 0 Å². The van der Waals surface area contributed by atoms with Crippen molar-refractivity contribution in [2.45, 2.75) is 13.8 Å². The molecule has 0 aliphatic carbocycles. The van der Waals surface area contributed by atoms with Gasteiger partial charge in [0.1, 0.15) is 18.2 Å². The molecule has 0 aliphatic heterocycles. The Morgan fingerprint density at radius 3 is 2.64 bits per heavy atom. The van der Waals surface area contributed by atoms with Gasteiger partial charge in [0.25, 0.3) is 12.4 Å². The Kier molecular flexibility index (Phi) is 9.73. The fourth-order valence-corrected chi connectivity index (χ4v) is 4.41. The maximum atomic E-state index is 13.2. The number of amides is 1. The number of hydrogen-bond acceptors (Lipinski definition) is 8. The lowest BCUT2D eigenvalue weighted by molar-refractivity contribution is -0.128. The number of carbonyl (C=O) groups excluding carboxylic acids is 2. The molecule has 3 aromatic carbocycles. The third-order valence-corrected chi connectivity index (χ3v) is 6.45. The first-order chi connectivity index (χ1) is 20.5. The van der Waals surface area contributed by atoms with Crippen molar-refractivity contribution in [1.29, 1.82) is 0 Å². The number of nitrogens with zero attached hydrogens (tertiary/aromatic N) is 3. The third-order valence-electron chi connectivity index (χ3n) is 6.45. The van der Waals surface area contributed by atoms with Crippen LogP contribution in [0.1, 0.15) is 24.2 Å². The second-order valence-corrected chi connectivity index (χ2v) is 8.97. The monoisotopic (exact) mass is 567 g/mol. The molecular weight excluding hydrogens is 534 g/mol. The number of phenolic OH excluding ortho intramolecular Hbond substituents is 1. The average Bonchev–Trinajstić information content (AvgIpc) is 3.46. The maximum absolute atomic E-state index is 13.2. The number of pyridine rings is 1. The summed E-state index contributed by atoms with van der Waals surface area (Å²) in [6.45, 7) is 5.11. The number of rotatable bonds is 10. The Morgan fingerprint density at radius 1 is 1.05 bits per heavy atom. The van der Waals surface area contributed by atoms with Crippen molar-refractivity contribution in [3.8, 4) is 34.1 Å². The molecule has 42 heavy (non-hydrogen) atoms. The summed E-state index contributed by atoms with van der Waals surface area (Å²) in [6.07, 6.45) is 1.65. The Bertz CT molecular complexity index is 1680. The second kappa shape index (κ2) is 13.8. The van der Waals surface area contributed by atoms with Crippen LogP contribution in [0.2, 0.25) is 0 Å². The topological polar surface area (TPSA) is 130 Å². The van der Waals surface area contributed by atoms with Gasteiger partial charge < -0.3 is 29.8 Å². The maximum Gasteiger partial charge on any atom is 0.293 e. The van der Waals surface area contributed by atoms with E-state index in [0.29, 0.717) is 52.6 Å². The van der Waals surface area contributed by atoms with Crippen LogP contribution in [0.4, 0.5) is 11.4 Å². The van der Waals surface area contributed by atoms with Crippen LogP contribution >= 0.6 is 0 Å². The van der Waals surface area contributed by atoms with Crippen LogP contribution in [0.25, 0.3) is 33.5 Å². The zero-order valence-corrected chi connectivity index (χ0v) is 23.9. The largest absolute Gasteiger partial charge is 0.507 e. The number of para-hydroxylation sites is 2. The normalized spacial score (nSPS) is 10.4. The van der Waals surface area contributed by atoms with Crippen molar-refractivity contribution < 1.29 is 24.2 Å². The number of likely N-dealkylation sites (N-methyl/N-ethyl adjacent to an activating group) is 1. The average molecular weight is 568 g/mol. The zero-order chi connectivity index (χ0) is 30.1. The van der Waals surface area contributed by atoms with Crippen LogP contribution in [-0.4, -0.2) is 59.7 Å². The SMILES string of the molecule is CC.COc1ncccc1-c1ccc(O)c(-c2nc3ccc(C(=O)Nc4ccccc4N(C)CCOC=O)cc3[nH]2)c1. The lowest BCUT2D eigenvalue weighted by Crippen LogP contribution is -2.24. The minimum Gasteiger partial charge on any atom is -0.507 e. The molecule has 10 heteroatoms. The molecule has 10 nitrogen and oxygen atoms in total. The van der Waals surface area contributed by atoms with Gasteiger partial charge in [-0.2, -0.15) is 0 Å². The number of hydrogen-bond donors (Lipinski definition) is 3. The molecule has 0 unspecified atom stereocenters. The van der Waals surface area contributed by atoms with Gasteiger partial charge in [-0.15, -0.1) is 0 Å². The summed E-state index contributed by atoms with van der Waals surface area (Å²) in [4.78, 5) is 37.7. The molecule has 5 aromatic rings. The first kappa shape index (κ1) is 29.6. The molecular formula is C32H33N5O5. The first-order valence-electron chi connectivity index (χ1n) is 13.5. The molecule has 0 fully saturated rings. The predicted molar refractivity (Wildman–Crippen MR) is 164 cm³/mol. The Labute approximate surface area is 244 Å². The van der Waals surface area contributed by atoms with Crippen LogP contribution in [0.3, 0.4) is 0 Å². The van der Waals surface area contributed by atoms with Crippen LogP contribution < -0.4 is 15.0 Å². The number of ether oxygens (including phenoxy) is 2. The fourth-order valence-electron chi connectivity index (χ4n) is 4.41. The summed E-state index contributed by atoms with van der Waals surface area (Å²) in [5, 5.41) is 13.6. The number of imidazole rings is 1. The molecule has 0 radical (unpaired) electrons. The van der Waals surface area contributed by atoms with E-state index in [-0.39, 0.29) is 18.3 Å². The van der Waals surface area contributed by atoms with Crippen molar-refractivity contribution in [3.05, 3.63) is 84.6 Å². The van der Waals surface area contributed by atoms with Gasteiger partial charge in [-0.25, -0.2) is 9.97 Å². The number of benzene rings is 3. The number of nitrogens with one attached hydrogen (secondary N) is 2. The molecule has 2 aromatic heterocycles. The highest BCUT2D eigenvalue weighted by molar-refractivity contribution is 6.07. The summed E-state index contributed by atoms with van der Waals surface area (Å²) in [6, 6.07) is 21.5. The molecule has 0 bridgehead atoms. The summed E-state index contributed by atoms with van der Waals surface area (Å²) >= 11 is 0. The summed E-state index contributed by atoms with van der Waals surface area (Å²) in [5.41, 5.74) is 5.22. The summed E-state index contributed by atoms with van der Waals surface area (Å²) in [7, 11) is 3.41. The minimum atomic E-state index is -0.295. The molecule has 216 valence electrons. The number of H-pyrrole nitrogens is 1. The number of aromatic amines is 1. The molecule has 3 N–H and O–H groups in total. The number of phenols is 1. The van der Waals surface area contributed by atoms with E-state index in [4.69, 9.17) is 9.47 Å². The van der Waals surface area contributed by atoms with Crippen LogP contribution in [0, 0.1) is 0 Å². The summed E-state index contributed by atoms with van der Waals surface area (Å²) < 4.78 is 10.2. The number of anilines is 2. The van der Waals surface area contributed by atoms with Gasteiger partial charge in [0, 0.05) is 24.4 Å². The Hall–Kier alpha value is -5.38. The van der Waals surface area contributed by atoms with Crippen LogP contribution in [-0.2, 0) is 9.53 Å². The van der Waals surface area contributed by atoms with E-state index in [1.165, 1.54) is 0 Å². The van der Waals surface area contributed by atoms with Gasteiger partial charge in [-0.05, 0) is 60.2 Å². The van der Waals surface area contributed by atoms with Crippen molar-refractivity contribution in [2.24, 2.45) is 0 Å². The van der Waals surface area contributed by atoms with Gasteiger partial charge in [0.05, 0.1) is 41.6 Å². The van der Waals surface area contributed by atoms with Crippen molar-refractivity contribution in [1.82, 2.24) is 15.0 Å². The lowest BCUT2D eigenvalue weighted by atomic mass is 10.0. The zero-order valence-electron chi connectivity index (χ0n) is 23.9.